The van der Waals surface area contributed by atoms with E-state index in [1.807, 2.05) is 5.57 Å². The zero-order valence-electron chi connectivity index (χ0n) is 19.2. The average molecular weight is 399 g/mol. The molecule has 0 amide bonds. The molecule has 5 fully saturated rings. The summed E-state index contributed by atoms with van der Waals surface area (Å²) in [7, 11) is 0. The summed E-state index contributed by atoms with van der Waals surface area (Å²) in [6.45, 7) is 11.0. The van der Waals surface area contributed by atoms with Crippen molar-refractivity contribution in [3.05, 3.63) is 11.6 Å². The van der Waals surface area contributed by atoms with Crippen LogP contribution in [0, 0.1) is 46.3 Å². The van der Waals surface area contributed by atoms with Crippen molar-refractivity contribution in [3.8, 4) is 0 Å². The number of rotatable bonds is 0. The third kappa shape index (κ3) is 2.67. The molecular formula is C27H42O2. The molecule has 2 heteroatoms. The minimum Gasteiger partial charge on any atom is -0.350 e. The second-order valence-electron chi connectivity index (χ2n) is 12.7. The molecule has 6 aliphatic rings. The minimum absolute atomic E-state index is 0.224. The Morgan fingerprint density at radius 2 is 1.76 bits per heavy atom. The minimum atomic E-state index is -0.224. The van der Waals surface area contributed by atoms with E-state index in [1.54, 1.807) is 0 Å². The molecule has 0 aromatic carbocycles. The van der Waals surface area contributed by atoms with Gasteiger partial charge in [0.05, 0.1) is 12.7 Å². The average Bonchev–Trinajstić information content (AvgIpc) is 3.18. The Hall–Kier alpha value is -0.340. The van der Waals surface area contributed by atoms with Crippen molar-refractivity contribution in [2.45, 2.75) is 104 Å². The van der Waals surface area contributed by atoms with Crippen molar-refractivity contribution in [2.24, 2.45) is 46.3 Å². The summed E-state index contributed by atoms with van der Waals surface area (Å²) in [5, 5.41) is 0. The number of allylic oxidation sites excluding steroid dienone is 2. The summed E-state index contributed by atoms with van der Waals surface area (Å²) in [6.07, 6.45) is 16.5. The van der Waals surface area contributed by atoms with Gasteiger partial charge in [-0.1, -0.05) is 39.3 Å². The summed E-state index contributed by atoms with van der Waals surface area (Å²) in [4.78, 5) is 0. The SMILES string of the molecule is CC1CCC2(CC3C(CC4C5CC=C6CC(C)CCC6(C)C5CCC34C)O2)OC1. The monoisotopic (exact) mass is 398 g/mol. The topological polar surface area (TPSA) is 18.5 Å². The van der Waals surface area contributed by atoms with Crippen LogP contribution < -0.4 is 0 Å². The van der Waals surface area contributed by atoms with Crippen molar-refractivity contribution in [1.82, 2.24) is 0 Å². The van der Waals surface area contributed by atoms with Gasteiger partial charge < -0.3 is 9.47 Å². The Morgan fingerprint density at radius 3 is 2.55 bits per heavy atom. The zero-order chi connectivity index (χ0) is 20.0. The highest BCUT2D eigenvalue weighted by Gasteiger charge is 2.65. The Labute approximate surface area is 178 Å². The van der Waals surface area contributed by atoms with Gasteiger partial charge in [-0.2, -0.15) is 0 Å². The van der Waals surface area contributed by atoms with Gasteiger partial charge in [0, 0.05) is 12.8 Å². The van der Waals surface area contributed by atoms with Gasteiger partial charge in [-0.05, 0) is 97.7 Å². The third-order valence-electron chi connectivity index (χ3n) is 11.1. The van der Waals surface area contributed by atoms with Crippen LogP contribution in [0.5, 0.6) is 0 Å². The van der Waals surface area contributed by atoms with Gasteiger partial charge in [0.15, 0.2) is 5.79 Å². The summed E-state index contributed by atoms with van der Waals surface area (Å²) >= 11 is 0. The van der Waals surface area contributed by atoms with E-state index >= 15 is 0 Å². The van der Waals surface area contributed by atoms with Crippen LogP contribution in [-0.2, 0) is 9.47 Å². The Morgan fingerprint density at radius 1 is 0.931 bits per heavy atom. The lowest BCUT2D eigenvalue weighted by molar-refractivity contribution is -0.255. The van der Waals surface area contributed by atoms with E-state index in [0.717, 1.165) is 42.6 Å². The van der Waals surface area contributed by atoms with Crippen LogP contribution in [-0.4, -0.2) is 18.5 Å². The van der Waals surface area contributed by atoms with E-state index in [0.29, 0.717) is 22.9 Å². The van der Waals surface area contributed by atoms with Gasteiger partial charge >= 0.3 is 0 Å². The molecule has 162 valence electrons. The standard InChI is InChI=1S/C27H42O2/c1-17-7-10-25(3)19(13-17)5-6-20-21(25)9-11-26(4)22(20)14-24-23(26)15-27(29-24)12-8-18(2)16-28-27/h5,17-18,20-24H,6-16H2,1-4H3. The molecule has 0 N–H and O–H groups in total. The first-order chi connectivity index (χ1) is 13.8. The van der Waals surface area contributed by atoms with E-state index in [1.165, 1.54) is 57.8 Å². The van der Waals surface area contributed by atoms with E-state index in [4.69, 9.17) is 9.47 Å². The van der Waals surface area contributed by atoms with E-state index < -0.39 is 0 Å². The molecule has 10 atom stereocenters. The van der Waals surface area contributed by atoms with Gasteiger partial charge in [0.1, 0.15) is 0 Å². The molecule has 2 aliphatic heterocycles. The van der Waals surface area contributed by atoms with Gasteiger partial charge in [-0.3, -0.25) is 0 Å². The predicted molar refractivity (Wildman–Crippen MR) is 116 cm³/mol. The van der Waals surface area contributed by atoms with Crippen LogP contribution in [0.25, 0.3) is 0 Å². The molecule has 4 aliphatic carbocycles. The second-order valence-corrected chi connectivity index (χ2v) is 12.7. The van der Waals surface area contributed by atoms with Gasteiger partial charge in [0.25, 0.3) is 0 Å². The van der Waals surface area contributed by atoms with Crippen LogP contribution in [0.3, 0.4) is 0 Å². The summed E-state index contributed by atoms with van der Waals surface area (Å²) in [5.41, 5.74) is 2.81. The summed E-state index contributed by atoms with van der Waals surface area (Å²) < 4.78 is 13.2. The van der Waals surface area contributed by atoms with Crippen molar-refractivity contribution in [1.29, 1.82) is 0 Å². The molecule has 0 aromatic heterocycles. The van der Waals surface area contributed by atoms with Crippen molar-refractivity contribution in [3.63, 3.8) is 0 Å². The number of hydrogen-bond donors (Lipinski definition) is 0. The molecule has 29 heavy (non-hydrogen) atoms. The lowest BCUT2D eigenvalue weighted by atomic mass is 9.47. The second kappa shape index (κ2) is 6.35. The fourth-order valence-corrected chi connectivity index (χ4v) is 9.26. The molecular weight excluding hydrogens is 356 g/mol. The molecule has 2 heterocycles. The lowest BCUT2D eigenvalue weighted by Crippen LogP contribution is -2.50. The quantitative estimate of drug-likeness (QED) is 0.420. The fraction of sp³-hybridized carbons (Fsp3) is 0.926. The van der Waals surface area contributed by atoms with Crippen LogP contribution >= 0.6 is 0 Å². The van der Waals surface area contributed by atoms with Crippen molar-refractivity contribution < 1.29 is 9.47 Å². The first-order valence-corrected chi connectivity index (χ1v) is 12.8. The lowest BCUT2D eigenvalue weighted by Gasteiger charge is -2.58. The van der Waals surface area contributed by atoms with Crippen LogP contribution in [0.2, 0.25) is 0 Å². The predicted octanol–water partition coefficient (Wildman–Crippen LogP) is 6.74. The van der Waals surface area contributed by atoms with Crippen LogP contribution in [0.4, 0.5) is 0 Å². The molecule has 2 saturated heterocycles. The highest BCUT2D eigenvalue weighted by atomic mass is 16.7. The first kappa shape index (κ1) is 19.4. The maximum atomic E-state index is 6.81. The van der Waals surface area contributed by atoms with Gasteiger partial charge in [-0.25, -0.2) is 0 Å². The van der Waals surface area contributed by atoms with E-state index in [9.17, 15) is 0 Å². The Bertz CT molecular complexity index is 703. The molecule has 3 saturated carbocycles. The molecule has 0 bridgehead atoms. The van der Waals surface area contributed by atoms with Crippen LogP contribution in [0.1, 0.15) is 91.9 Å². The number of hydrogen-bond acceptors (Lipinski definition) is 2. The molecule has 0 aromatic rings. The van der Waals surface area contributed by atoms with Crippen molar-refractivity contribution in [2.75, 3.05) is 6.61 Å². The fourth-order valence-electron chi connectivity index (χ4n) is 9.26. The first-order valence-electron chi connectivity index (χ1n) is 12.8. The van der Waals surface area contributed by atoms with Gasteiger partial charge in [-0.15, -0.1) is 0 Å². The molecule has 1 spiro atoms. The van der Waals surface area contributed by atoms with Gasteiger partial charge in [0.2, 0.25) is 0 Å². The maximum absolute atomic E-state index is 6.81. The zero-order valence-corrected chi connectivity index (χ0v) is 19.2. The van der Waals surface area contributed by atoms with Crippen molar-refractivity contribution >= 4 is 0 Å². The van der Waals surface area contributed by atoms with E-state index in [2.05, 4.69) is 33.8 Å². The highest BCUT2D eigenvalue weighted by molar-refractivity contribution is 5.25. The Balaban J connectivity index is 1.25. The third-order valence-corrected chi connectivity index (χ3v) is 11.1. The number of ether oxygens (including phenoxy) is 2. The molecule has 6 rings (SSSR count). The molecule has 0 radical (unpaired) electrons. The largest absolute Gasteiger partial charge is 0.350 e. The summed E-state index contributed by atoms with van der Waals surface area (Å²) in [6, 6.07) is 0. The Kier molecular flexibility index (Phi) is 4.23. The molecule has 10 unspecified atom stereocenters. The molecule has 2 nitrogen and oxygen atoms in total. The maximum Gasteiger partial charge on any atom is 0.169 e. The van der Waals surface area contributed by atoms with Crippen LogP contribution in [0.15, 0.2) is 11.6 Å². The highest BCUT2D eigenvalue weighted by Crippen LogP contribution is 2.69. The number of fused-ring (bicyclic) bond motifs is 7. The van der Waals surface area contributed by atoms with E-state index in [-0.39, 0.29) is 5.79 Å². The summed E-state index contributed by atoms with van der Waals surface area (Å²) in [5.74, 6) is 4.79. The normalized spacial score (nSPS) is 58.9. The smallest absolute Gasteiger partial charge is 0.169 e.